The third-order valence-electron chi connectivity index (χ3n) is 1.57. The smallest absolute Gasteiger partial charge is 0.110 e. The van der Waals surface area contributed by atoms with E-state index in [9.17, 15) is 0 Å². The Morgan fingerprint density at radius 1 is 1.50 bits per heavy atom. The molecule has 2 aromatic heterocycles. The van der Waals surface area contributed by atoms with Gasteiger partial charge in [0.05, 0.1) is 11.9 Å². The molecule has 0 radical (unpaired) electrons. The average Bonchev–Trinajstić information content (AvgIpc) is 2.34. The molecule has 5 heteroatoms. The molecule has 3 N–H and O–H groups in total. The number of nitrogens with one attached hydrogen (secondary N) is 1. The lowest BCUT2D eigenvalue weighted by atomic mass is 10.3. The molecule has 0 bridgehead atoms. The predicted octanol–water partition coefficient (Wildman–Crippen LogP) is 1.27. The van der Waals surface area contributed by atoms with E-state index in [1.54, 1.807) is 6.20 Å². The number of hydrogen-bond acceptors (Lipinski definition) is 3. The van der Waals surface area contributed by atoms with Gasteiger partial charge in [0.1, 0.15) is 11.0 Å². The number of pyridine rings is 1. The molecule has 0 aliphatic carbocycles. The van der Waals surface area contributed by atoms with Crippen LogP contribution in [0.3, 0.4) is 0 Å². The molecule has 0 unspecified atom stereocenters. The van der Waals surface area contributed by atoms with E-state index in [-0.39, 0.29) is 12.4 Å². The van der Waals surface area contributed by atoms with Gasteiger partial charge >= 0.3 is 0 Å². The zero-order valence-corrected chi connectivity index (χ0v) is 7.35. The molecule has 64 valence electrons. The topological polar surface area (TPSA) is 67.6 Å². The van der Waals surface area contributed by atoms with Crippen molar-refractivity contribution in [3.63, 3.8) is 0 Å². The normalized spacial score (nSPS) is 9.75. The summed E-state index contributed by atoms with van der Waals surface area (Å²) < 4.78 is 0. The largest absolute Gasteiger partial charge is 0.397 e. The van der Waals surface area contributed by atoms with Crippen LogP contribution in [-0.4, -0.2) is 15.2 Å². The minimum absolute atomic E-state index is 0. The highest BCUT2D eigenvalue weighted by Gasteiger charge is 2.00. The summed E-state index contributed by atoms with van der Waals surface area (Å²) in [6.45, 7) is 1.91. The second kappa shape index (κ2) is 2.98. The number of halogens is 1. The van der Waals surface area contributed by atoms with Gasteiger partial charge in [-0.1, -0.05) is 0 Å². The Balaban J connectivity index is 0.000000720. The highest BCUT2D eigenvalue weighted by molar-refractivity contribution is 5.86. The molecule has 0 saturated heterocycles. The van der Waals surface area contributed by atoms with Crippen LogP contribution in [0.1, 0.15) is 5.69 Å². The van der Waals surface area contributed by atoms with Gasteiger partial charge in [-0.25, -0.2) is 4.98 Å². The van der Waals surface area contributed by atoms with E-state index >= 15 is 0 Å². The fraction of sp³-hybridized carbons (Fsp3) is 0.143. The van der Waals surface area contributed by atoms with Crippen LogP contribution in [0.15, 0.2) is 12.3 Å². The van der Waals surface area contributed by atoms with Gasteiger partial charge in [-0.15, -0.1) is 12.4 Å². The Morgan fingerprint density at radius 3 is 3.00 bits per heavy atom. The number of hydrogen-bond donors (Lipinski definition) is 2. The number of nitrogens with two attached hydrogens (primary N) is 1. The molecule has 0 spiro atoms. The van der Waals surface area contributed by atoms with E-state index in [1.165, 1.54) is 0 Å². The van der Waals surface area contributed by atoms with Crippen LogP contribution >= 0.6 is 12.4 Å². The fourth-order valence-corrected chi connectivity index (χ4v) is 1.10. The number of H-pyrrole nitrogens is 1. The fourth-order valence-electron chi connectivity index (χ4n) is 1.10. The van der Waals surface area contributed by atoms with Crippen molar-refractivity contribution >= 4 is 29.1 Å². The van der Waals surface area contributed by atoms with Crippen LogP contribution in [-0.2, 0) is 0 Å². The molecule has 0 aliphatic rings. The van der Waals surface area contributed by atoms with Crippen molar-refractivity contribution in [2.45, 2.75) is 6.92 Å². The van der Waals surface area contributed by atoms with Crippen LogP contribution in [0, 0.1) is 6.92 Å². The summed E-state index contributed by atoms with van der Waals surface area (Å²) in [6.07, 6.45) is 1.67. The van der Waals surface area contributed by atoms with Crippen molar-refractivity contribution < 1.29 is 0 Å². The molecule has 0 fully saturated rings. The van der Waals surface area contributed by atoms with Crippen molar-refractivity contribution in [3.05, 3.63) is 18.0 Å². The molecule has 12 heavy (non-hydrogen) atoms. The van der Waals surface area contributed by atoms with Gasteiger partial charge in [-0.2, -0.15) is 5.10 Å². The minimum Gasteiger partial charge on any atom is -0.397 e. The number of anilines is 1. The lowest BCUT2D eigenvalue weighted by molar-refractivity contribution is 1.12. The van der Waals surface area contributed by atoms with Gasteiger partial charge in [-0.3, -0.25) is 5.10 Å². The molecule has 2 heterocycles. The zero-order valence-electron chi connectivity index (χ0n) is 6.53. The highest BCUT2D eigenvalue weighted by Crippen LogP contribution is 2.16. The Morgan fingerprint density at radius 2 is 2.25 bits per heavy atom. The van der Waals surface area contributed by atoms with Gasteiger partial charge in [0.2, 0.25) is 0 Å². The molecular formula is C7H9ClN4. The van der Waals surface area contributed by atoms with Crippen molar-refractivity contribution in [2.75, 3.05) is 5.73 Å². The average molecular weight is 185 g/mol. The van der Waals surface area contributed by atoms with Crippen molar-refractivity contribution in [2.24, 2.45) is 0 Å². The van der Waals surface area contributed by atoms with E-state index in [4.69, 9.17) is 5.73 Å². The van der Waals surface area contributed by atoms with E-state index in [0.717, 1.165) is 16.7 Å². The summed E-state index contributed by atoms with van der Waals surface area (Å²) in [7, 11) is 0. The van der Waals surface area contributed by atoms with Crippen LogP contribution in [0.4, 0.5) is 5.69 Å². The third kappa shape index (κ3) is 1.21. The van der Waals surface area contributed by atoms with Gasteiger partial charge in [0.15, 0.2) is 0 Å². The first-order chi connectivity index (χ1) is 5.27. The lowest BCUT2D eigenvalue weighted by Gasteiger charge is -1.95. The number of rotatable bonds is 0. The van der Waals surface area contributed by atoms with Gasteiger partial charge < -0.3 is 5.73 Å². The van der Waals surface area contributed by atoms with Crippen molar-refractivity contribution in [3.8, 4) is 0 Å². The van der Waals surface area contributed by atoms with Crippen molar-refractivity contribution in [1.29, 1.82) is 0 Å². The summed E-state index contributed by atoms with van der Waals surface area (Å²) >= 11 is 0. The van der Waals surface area contributed by atoms with Crippen LogP contribution in [0.2, 0.25) is 0 Å². The maximum Gasteiger partial charge on any atom is 0.110 e. The number of fused-ring (bicyclic) bond motifs is 1. The first-order valence-electron chi connectivity index (χ1n) is 3.33. The molecular weight excluding hydrogens is 176 g/mol. The maximum absolute atomic E-state index is 5.69. The molecule has 0 atom stereocenters. The minimum atomic E-state index is 0. The molecule has 0 saturated carbocycles. The monoisotopic (exact) mass is 184 g/mol. The van der Waals surface area contributed by atoms with E-state index in [2.05, 4.69) is 15.2 Å². The van der Waals surface area contributed by atoms with Gasteiger partial charge in [-0.05, 0) is 13.0 Å². The van der Waals surface area contributed by atoms with Crippen molar-refractivity contribution in [1.82, 2.24) is 15.2 Å². The summed E-state index contributed by atoms with van der Waals surface area (Å²) in [4.78, 5) is 4.22. The SMILES string of the molecule is Cc1cc(N)c2[nH]ncc2n1.Cl. The van der Waals surface area contributed by atoms with Crippen LogP contribution < -0.4 is 5.73 Å². The number of nitrogens with zero attached hydrogens (tertiary/aromatic N) is 2. The predicted molar refractivity (Wildman–Crippen MR) is 50.3 cm³/mol. The first-order valence-corrected chi connectivity index (χ1v) is 3.33. The summed E-state index contributed by atoms with van der Waals surface area (Å²) in [6, 6.07) is 1.82. The standard InChI is InChI=1S/C7H8N4.ClH/c1-4-2-5(8)7-6(10-4)3-9-11-7;/h2-3H,1H3,(H2,8,10)(H,9,11);1H. The highest BCUT2D eigenvalue weighted by atomic mass is 35.5. The molecule has 2 rings (SSSR count). The van der Waals surface area contributed by atoms with Crippen LogP contribution in [0.25, 0.3) is 11.0 Å². The van der Waals surface area contributed by atoms with Gasteiger partial charge in [0, 0.05) is 5.69 Å². The number of aromatic amines is 1. The number of nitrogen functional groups attached to an aromatic ring is 1. The Bertz CT molecular complexity index is 395. The Hall–Kier alpha value is -1.29. The number of aryl methyl sites for hydroxylation is 1. The third-order valence-corrected chi connectivity index (χ3v) is 1.57. The zero-order chi connectivity index (χ0) is 7.84. The summed E-state index contributed by atoms with van der Waals surface area (Å²) in [5, 5.41) is 6.61. The Labute approximate surface area is 75.6 Å². The van der Waals surface area contributed by atoms with Gasteiger partial charge in [0.25, 0.3) is 0 Å². The first kappa shape index (κ1) is 8.80. The summed E-state index contributed by atoms with van der Waals surface area (Å²) in [5.41, 5.74) is 8.94. The maximum atomic E-state index is 5.69. The number of aromatic nitrogens is 3. The second-order valence-electron chi connectivity index (χ2n) is 2.48. The second-order valence-corrected chi connectivity index (χ2v) is 2.48. The lowest BCUT2D eigenvalue weighted by Crippen LogP contribution is -1.90. The summed E-state index contributed by atoms with van der Waals surface area (Å²) in [5.74, 6) is 0. The van der Waals surface area contributed by atoms with E-state index in [0.29, 0.717) is 5.69 Å². The molecule has 4 nitrogen and oxygen atoms in total. The molecule has 0 aromatic carbocycles. The Kier molecular flexibility index (Phi) is 2.19. The molecule has 0 amide bonds. The van der Waals surface area contributed by atoms with E-state index < -0.39 is 0 Å². The quantitative estimate of drug-likeness (QED) is 0.648. The molecule has 0 aliphatic heterocycles. The molecule has 2 aromatic rings. The van der Waals surface area contributed by atoms with Crippen LogP contribution in [0.5, 0.6) is 0 Å². The van der Waals surface area contributed by atoms with E-state index in [1.807, 2.05) is 13.0 Å².